The molecule has 0 amide bonds. The second-order valence-electron chi connectivity index (χ2n) is 4.74. The highest BCUT2D eigenvalue weighted by molar-refractivity contribution is 7.89. The Labute approximate surface area is 116 Å². The van der Waals surface area contributed by atoms with E-state index in [1.54, 1.807) is 18.2 Å². The number of sulfonamides is 1. The van der Waals surface area contributed by atoms with Gasteiger partial charge in [0.2, 0.25) is 10.0 Å². The second kappa shape index (κ2) is 7.03. The van der Waals surface area contributed by atoms with Gasteiger partial charge in [-0.1, -0.05) is 26.0 Å². The molecule has 19 heavy (non-hydrogen) atoms. The first-order valence-electron chi connectivity index (χ1n) is 6.71. The zero-order chi connectivity index (χ0) is 14.5. The van der Waals surface area contributed by atoms with E-state index in [9.17, 15) is 8.42 Å². The van der Waals surface area contributed by atoms with Crippen molar-refractivity contribution >= 4 is 10.0 Å². The Balaban J connectivity index is 2.71. The van der Waals surface area contributed by atoms with Gasteiger partial charge in [0, 0.05) is 12.6 Å². The van der Waals surface area contributed by atoms with Gasteiger partial charge in [0.15, 0.2) is 0 Å². The normalized spacial score (nSPS) is 13.7. The summed E-state index contributed by atoms with van der Waals surface area (Å²) in [7, 11) is -3.40. The second-order valence-corrected chi connectivity index (χ2v) is 6.51. The van der Waals surface area contributed by atoms with Gasteiger partial charge in [0.25, 0.3) is 0 Å². The van der Waals surface area contributed by atoms with Gasteiger partial charge in [-0.05, 0) is 44.6 Å². The lowest BCUT2D eigenvalue weighted by atomic mass is 10.2. The fourth-order valence-electron chi connectivity index (χ4n) is 2.07. The van der Waals surface area contributed by atoms with Crippen LogP contribution in [0.25, 0.3) is 0 Å². The quantitative estimate of drug-likeness (QED) is 0.833. The molecule has 0 spiro atoms. The Bertz CT molecular complexity index is 496. The molecule has 1 rings (SSSR count). The van der Waals surface area contributed by atoms with Gasteiger partial charge in [0.1, 0.15) is 0 Å². The molecule has 0 saturated heterocycles. The molecule has 1 aromatic rings. The van der Waals surface area contributed by atoms with Crippen LogP contribution in [-0.2, 0) is 10.0 Å². The van der Waals surface area contributed by atoms with Crippen molar-refractivity contribution in [3.05, 3.63) is 29.8 Å². The van der Waals surface area contributed by atoms with Crippen LogP contribution in [-0.4, -0.2) is 39.0 Å². The van der Waals surface area contributed by atoms with Gasteiger partial charge in [-0.3, -0.25) is 4.90 Å². The van der Waals surface area contributed by atoms with Crippen molar-refractivity contribution in [2.75, 3.05) is 19.6 Å². The van der Waals surface area contributed by atoms with Crippen LogP contribution in [0.4, 0.5) is 0 Å². The minimum atomic E-state index is -3.40. The number of rotatable bonds is 7. The summed E-state index contributed by atoms with van der Waals surface area (Å²) in [6.07, 6.45) is 0. The van der Waals surface area contributed by atoms with E-state index in [2.05, 4.69) is 23.5 Å². The molecule has 0 radical (unpaired) electrons. The number of aryl methyl sites for hydroxylation is 1. The lowest BCUT2D eigenvalue weighted by molar-refractivity contribution is 0.232. The van der Waals surface area contributed by atoms with E-state index in [4.69, 9.17) is 0 Å². The van der Waals surface area contributed by atoms with Crippen molar-refractivity contribution in [3.63, 3.8) is 0 Å². The molecule has 0 aromatic heterocycles. The predicted molar refractivity (Wildman–Crippen MR) is 78.8 cm³/mol. The van der Waals surface area contributed by atoms with Crippen LogP contribution in [0.3, 0.4) is 0 Å². The summed E-state index contributed by atoms with van der Waals surface area (Å²) in [6.45, 7) is 10.3. The van der Waals surface area contributed by atoms with Crippen molar-refractivity contribution < 1.29 is 8.42 Å². The molecule has 1 atom stereocenters. The minimum absolute atomic E-state index is 0.189. The minimum Gasteiger partial charge on any atom is -0.300 e. The summed E-state index contributed by atoms with van der Waals surface area (Å²) < 4.78 is 27.0. The van der Waals surface area contributed by atoms with Crippen molar-refractivity contribution in [1.82, 2.24) is 9.62 Å². The first kappa shape index (κ1) is 16.1. The molecule has 4 nitrogen and oxygen atoms in total. The van der Waals surface area contributed by atoms with Crippen molar-refractivity contribution in [2.24, 2.45) is 0 Å². The van der Waals surface area contributed by atoms with Crippen LogP contribution in [0.1, 0.15) is 26.3 Å². The summed E-state index contributed by atoms with van der Waals surface area (Å²) in [4.78, 5) is 2.55. The van der Waals surface area contributed by atoms with Crippen molar-refractivity contribution in [2.45, 2.75) is 38.6 Å². The third kappa shape index (κ3) is 4.60. The number of nitrogens with one attached hydrogen (secondary N) is 1. The fraction of sp³-hybridized carbons (Fsp3) is 0.571. The molecule has 0 heterocycles. The molecule has 0 aliphatic heterocycles. The molecular formula is C14H24N2O2S. The zero-order valence-electron chi connectivity index (χ0n) is 12.2. The van der Waals surface area contributed by atoms with Gasteiger partial charge in [-0.2, -0.15) is 0 Å². The van der Waals surface area contributed by atoms with E-state index in [-0.39, 0.29) is 6.04 Å². The average Bonchev–Trinajstić information content (AvgIpc) is 2.38. The van der Waals surface area contributed by atoms with Crippen LogP contribution in [0, 0.1) is 6.92 Å². The summed E-state index contributed by atoms with van der Waals surface area (Å²) in [5.74, 6) is 0. The van der Waals surface area contributed by atoms with Crippen LogP contribution < -0.4 is 4.72 Å². The maximum absolute atomic E-state index is 12.2. The molecule has 1 N–H and O–H groups in total. The van der Waals surface area contributed by atoms with Crippen molar-refractivity contribution in [1.29, 1.82) is 0 Å². The van der Waals surface area contributed by atoms with Crippen LogP contribution in [0.5, 0.6) is 0 Å². The van der Waals surface area contributed by atoms with Crippen LogP contribution in [0.15, 0.2) is 29.2 Å². The number of hydrogen-bond donors (Lipinski definition) is 1. The van der Waals surface area contributed by atoms with Gasteiger partial charge in [-0.25, -0.2) is 13.1 Å². The van der Waals surface area contributed by atoms with E-state index < -0.39 is 10.0 Å². The Morgan fingerprint density at radius 2 is 1.89 bits per heavy atom. The fourth-order valence-corrected chi connectivity index (χ4v) is 3.30. The summed E-state index contributed by atoms with van der Waals surface area (Å²) in [6, 6.07) is 7.14. The maximum Gasteiger partial charge on any atom is 0.240 e. The molecule has 0 saturated carbocycles. The molecule has 0 fully saturated rings. The van der Waals surface area contributed by atoms with Gasteiger partial charge in [0.05, 0.1) is 4.90 Å². The Morgan fingerprint density at radius 1 is 1.26 bits per heavy atom. The summed E-state index contributed by atoms with van der Waals surface area (Å²) >= 11 is 0. The number of benzene rings is 1. The van der Waals surface area contributed by atoms with E-state index in [0.717, 1.165) is 18.7 Å². The number of nitrogens with zero attached hydrogens (tertiary/aromatic N) is 1. The topological polar surface area (TPSA) is 49.4 Å². The lowest BCUT2D eigenvalue weighted by Crippen LogP contribution is -2.41. The van der Waals surface area contributed by atoms with E-state index in [0.29, 0.717) is 11.4 Å². The van der Waals surface area contributed by atoms with E-state index in [1.165, 1.54) is 0 Å². The standard InChI is InChI=1S/C14H24N2O2S/c1-5-16(6-2)13(4)11-15-19(17,18)14-9-7-8-12(3)10-14/h7-10,13,15H,5-6,11H2,1-4H3. The predicted octanol–water partition coefficient (Wildman–Crippen LogP) is 2.00. The summed E-state index contributed by atoms with van der Waals surface area (Å²) in [5, 5.41) is 0. The maximum atomic E-state index is 12.2. The monoisotopic (exact) mass is 284 g/mol. The molecule has 5 heteroatoms. The molecule has 1 unspecified atom stereocenters. The number of likely N-dealkylation sites (N-methyl/N-ethyl adjacent to an activating group) is 1. The first-order valence-corrected chi connectivity index (χ1v) is 8.19. The highest BCUT2D eigenvalue weighted by atomic mass is 32.2. The third-order valence-electron chi connectivity index (χ3n) is 3.30. The zero-order valence-corrected chi connectivity index (χ0v) is 13.0. The highest BCUT2D eigenvalue weighted by Gasteiger charge is 2.17. The molecule has 108 valence electrons. The average molecular weight is 284 g/mol. The smallest absolute Gasteiger partial charge is 0.240 e. The van der Waals surface area contributed by atoms with Crippen LogP contribution in [0.2, 0.25) is 0 Å². The Hall–Kier alpha value is -0.910. The SMILES string of the molecule is CCN(CC)C(C)CNS(=O)(=O)c1cccc(C)c1. The molecule has 0 aliphatic carbocycles. The van der Waals surface area contributed by atoms with Crippen molar-refractivity contribution in [3.8, 4) is 0 Å². The molecule has 0 bridgehead atoms. The summed E-state index contributed by atoms with van der Waals surface area (Å²) in [5.41, 5.74) is 0.944. The highest BCUT2D eigenvalue weighted by Crippen LogP contribution is 2.10. The van der Waals surface area contributed by atoms with E-state index >= 15 is 0 Å². The number of hydrogen-bond acceptors (Lipinski definition) is 3. The van der Waals surface area contributed by atoms with Gasteiger partial charge in [-0.15, -0.1) is 0 Å². The first-order chi connectivity index (χ1) is 8.90. The van der Waals surface area contributed by atoms with E-state index in [1.807, 2.05) is 19.9 Å². The van der Waals surface area contributed by atoms with Crippen LogP contribution >= 0.6 is 0 Å². The Morgan fingerprint density at radius 3 is 2.42 bits per heavy atom. The molecule has 0 aliphatic rings. The lowest BCUT2D eigenvalue weighted by Gasteiger charge is -2.26. The third-order valence-corrected chi connectivity index (χ3v) is 4.73. The largest absolute Gasteiger partial charge is 0.300 e. The molecular weight excluding hydrogens is 260 g/mol. The Kier molecular flexibility index (Phi) is 5.97. The van der Waals surface area contributed by atoms with Gasteiger partial charge >= 0.3 is 0 Å². The molecule has 1 aromatic carbocycles. The van der Waals surface area contributed by atoms with Gasteiger partial charge < -0.3 is 0 Å².